The van der Waals surface area contributed by atoms with Crippen molar-refractivity contribution in [3.63, 3.8) is 0 Å². The van der Waals surface area contributed by atoms with Gasteiger partial charge in [0.15, 0.2) is 12.2 Å². The highest BCUT2D eigenvalue weighted by atomic mass is 31.2. The quantitative estimate of drug-likeness (QED) is 0.0222. The fraction of sp³-hybridized carbons (Fsp3) is 0.955. The molecule has 0 aromatic rings. The molecule has 0 amide bonds. The first-order valence-corrected chi connectivity index (χ1v) is 48.9. The minimum absolute atomic E-state index is 0.107. The zero-order chi connectivity index (χ0) is 79.3. The Morgan fingerprint density at radius 1 is 0.269 bits per heavy atom. The van der Waals surface area contributed by atoms with Gasteiger partial charge in [0.05, 0.1) is 26.4 Å². The number of ether oxygens (including phenoxy) is 4. The predicted octanol–water partition coefficient (Wildman–Crippen LogP) is 27.3. The molecule has 0 heterocycles. The summed E-state index contributed by atoms with van der Waals surface area (Å²) in [6, 6.07) is 0. The van der Waals surface area contributed by atoms with E-state index in [1.807, 2.05) is 0 Å². The second-order valence-electron chi connectivity index (χ2n) is 33.2. The molecule has 0 aliphatic rings. The molecule has 0 rings (SSSR count). The molecule has 642 valence electrons. The molecule has 3 N–H and O–H groups in total. The fourth-order valence-corrected chi connectivity index (χ4v) is 15.4. The van der Waals surface area contributed by atoms with Crippen molar-refractivity contribution in [3.8, 4) is 0 Å². The van der Waals surface area contributed by atoms with Crippen LogP contribution in [0.5, 0.6) is 0 Å². The first-order valence-electron chi connectivity index (χ1n) is 45.9. The molecule has 19 heteroatoms. The fourth-order valence-electron chi connectivity index (χ4n) is 13.9. The van der Waals surface area contributed by atoms with E-state index in [9.17, 15) is 43.2 Å². The van der Waals surface area contributed by atoms with Crippen LogP contribution >= 0.6 is 15.6 Å². The van der Waals surface area contributed by atoms with Crippen LogP contribution in [0.25, 0.3) is 0 Å². The van der Waals surface area contributed by atoms with Crippen LogP contribution in [-0.2, 0) is 65.4 Å². The van der Waals surface area contributed by atoms with Crippen molar-refractivity contribution in [2.24, 2.45) is 17.8 Å². The Labute approximate surface area is 664 Å². The van der Waals surface area contributed by atoms with E-state index in [0.717, 1.165) is 108 Å². The van der Waals surface area contributed by atoms with Crippen LogP contribution in [-0.4, -0.2) is 96.7 Å². The van der Waals surface area contributed by atoms with Gasteiger partial charge >= 0.3 is 39.5 Å². The van der Waals surface area contributed by atoms with Crippen molar-refractivity contribution < 1.29 is 80.2 Å². The monoisotopic (exact) mass is 1580 g/mol. The maximum absolute atomic E-state index is 13.2. The molecule has 0 aliphatic heterocycles. The maximum Gasteiger partial charge on any atom is 0.472 e. The van der Waals surface area contributed by atoms with Crippen LogP contribution in [0.4, 0.5) is 0 Å². The lowest BCUT2D eigenvalue weighted by molar-refractivity contribution is -0.161. The number of hydrogen-bond acceptors (Lipinski definition) is 15. The number of carbonyl (C=O) groups excluding carboxylic acids is 4. The number of aliphatic hydroxyl groups excluding tert-OH is 1. The number of phosphoric ester groups is 2. The van der Waals surface area contributed by atoms with Gasteiger partial charge < -0.3 is 33.8 Å². The van der Waals surface area contributed by atoms with E-state index >= 15 is 0 Å². The molecular formula is C89H174O17P2. The number of carbonyl (C=O) groups is 4. The molecule has 0 aliphatic carbocycles. The standard InChI is InChI=1S/C89H174O17P2/c1-8-10-11-12-13-14-15-16-17-18-19-23-28-33-38-43-48-56-63-70-86(91)99-76-84(105-88(93)72-65-58-49-44-39-34-29-24-21-20-22-27-32-37-42-47-55-62-69-82(7)9-2)78-103-107(95,96)101-74-83(90)75-102-108(97,98)104-79-85(77-100-87(92)71-64-57-52-51-54-61-68-81(5)6)106-89(94)73-66-59-50-45-40-35-30-25-26-31-36-41-46-53-60-67-80(3)4/h80-85,90H,8-79H2,1-7H3,(H,95,96)(H,97,98)/t82?,83-,84-,85-/m1/s1. The van der Waals surface area contributed by atoms with Crippen LogP contribution in [0.1, 0.15) is 472 Å². The SMILES string of the molecule is CCCCCCCCCCCCCCCCCCCCCC(=O)OC[C@H](COP(=O)(O)OC[C@@H](O)COP(=O)(O)OC[C@@H](COC(=O)CCCCCCCCC(C)C)OC(=O)CCCCCCCCCCCCCCCCCC(C)C)OC(=O)CCCCCCCCCCCCCCCCCCCCC(C)CC. The number of rotatable bonds is 87. The number of aliphatic hydroxyl groups is 1. The van der Waals surface area contributed by atoms with Crippen LogP contribution in [0, 0.1) is 17.8 Å². The van der Waals surface area contributed by atoms with Crippen LogP contribution in [0.2, 0.25) is 0 Å². The predicted molar refractivity (Wildman–Crippen MR) is 446 cm³/mol. The lowest BCUT2D eigenvalue weighted by Gasteiger charge is -2.21. The van der Waals surface area contributed by atoms with E-state index in [1.165, 1.54) is 276 Å². The summed E-state index contributed by atoms with van der Waals surface area (Å²) >= 11 is 0. The second-order valence-corrected chi connectivity index (χ2v) is 36.1. The van der Waals surface area contributed by atoms with Crippen LogP contribution < -0.4 is 0 Å². The van der Waals surface area contributed by atoms with Crippen molar-refractivity contribution in [2.75, 3.05) is 39.6 Å². The molecule has 0 spiro atoms. The molecule has 0 bridgehead atoms. The number of esters is 4. The number of unbranched alkanes of at least 4 members (excludes halogenated alkanes) is 54. The molecule has 6 atom stereocenters. The summed E-state index contributed by atoms with van der Waals surface area (Å²) in [6.45, 7) is 12.0. The molecule has 0 aromatic heterocycles. The largest absolute Gasteiger partial charge is 0.472 e. The highest BCUT2D eigenvalue weighted by Gasteiger charge is 2.31. The minimum atomic E-state index is -4.97. The van der Waals surface area contributed by atoms with Crippen molar-refractivity contribution in [3.05, 3.63) is 0 Å². The van der Waals surface area contributed by atoms with Gasteiger partial charge in [-0.15, -0.1) is 0 Å². The molecule has 3 unspecified atom stereocenters. The second kappa shape index (κ2) is 78.9. The smallest absolute Gasteiger partial charge is 0.462 e. The molecular weight excluding hydrogens is 1400 g/mol. The molecule has 108 heavy (non-hydrogen) atoms. The Bertz CT molecular complexity index is 2080. The van der Waals surface area contributed by atoms with Crippen LogP contribution in [0.3, 0.4) is 0 Å². The van der Waals surface area contributed by atoms with Gasteiger partial charge in [-0.25, -0.2) is 9.13 Å². The summed E-state index contributed by atoms with van der Waals surface area (Å²) in [5.41, 5.74) is 0. The van der Waals surface area contributed by atoms with Gasteiger partial charge in [0, 0.05) is 25.7 Å². The third-order valence-electron chi connectivity index (χ3n) is 21.2. The minimum Gasteiger partial charge on any atom is -0.462 e. The Hall–Kier alpha value is -1.94. The van der Waals surface area contributed by atoms with Crippen LogP contribution in [0.15, 0.2) is 0 Å². The first kappa shape index (κ1) is 106. The average molecular weight is 1580 g/mol. The van der Waals surface area contributed by atoms with Gasteiger partial charge in [-0.2, -0.15) is 0 Å². The lowest BCUT2D eigenvalue weighted by Crippen LogP contribution is -2.30. The summed E-state index contributed by atoms with van der Waals surface area (Å²) in [7, 11) is -9.93. The molecule has 0 radical (unpaired) electrons. The van der Waals surface area contributed by atoms with Crippen molar-refractivity contribution >= 4 is 39.5 Å². The van der Waals surface area contributed by atoms with Crippen molar-refractivity contribution in [2.45, 2.75) is 491 Å². The summed E-state index contributed by atoms with van der Waals surface area (Å²) in [6.07, 6.45) is 71.1. The van der Waals surface area contributed by atoms with E-state index < -0.39 is 97.5 Å². The molecule has 0 saturated carbocycles. The maximum atomic E-state index is 13.2. The first-order chi connectivity index (χ1) is 52.3. The average Bonchev–Trinajstić information content (AvgIpc) is 0.897. The van der Waals surface area contributed by atoms with Gasteiger partial charge in [0.1, 0.15) is 19.3 Å². The molecule has 0 saturated heterocycles. The number of hydrogen-bond donors (Lipinski definition) is 3. The van der Waals surface area contributed by atoms with Gasteiger partial charge in [-0.1, -0.05) is 421 Å². The molecule has 17 nitrogen and oxygen atoms in total. The summed E-state index contributed by atoms with van der Waals surface area (Å²) in [5, 5.41) is 10.7. The van der Waals surface area contributed by atoms with E-state index in [2.05, 4.69) is 48.5 Å². The van der Waals surface area contributed by atoms with Gasteiger partial charge in [0.25, 0.3) is 0 Å². The van der Waals surface area contributed by atoms with Gasteiger partial charge in [0.2, 0.25) is 0 Å². The summed E-state index contributed by atoms with van der Waals surface area (Å²) in [5.74, 6) is 0.249. The highest BCUT2D eigenvalue weighted by Crippen LogP contribution is 2.45. The topological polar surface area (TPSA) is 237 Å². The van der Waals surface area contributed by atoms with Gasteiger partial charge in [-0.05, 0) is 43.4 Å². The van der Waals surface area contributed by atoms with E-state index in [1.54, 1.807) is 0 Å². The Balaban J connectivity index is 5.20. The van der Waals surface area contributed by atoms with Crippen molar-refractivity contribution in [1.29, 1.82) is 0 Å². The molecule has 0 fully saturated rings. The third-order valence-corrected chi connectivity index (χ3v) is 23.1. The van der Waals surface area contributed by atoms with E-state index in [4.69, 9.17) is 37.0 Å². The van der Waals surface area contributed by atoms with Gasteiger partial charge in [-0.3, -0.25) is 37.3 Å². The lowest BCUT2D eigenvalue weighted by atomic mass is 9.99. The normalized spacial score (nSPS) is 14.1. The summed E-state index contributed by atoms with van der Waals surface area (Å²) in [4.78, 5) is 73.3. The summed E-state index contributed by atoms with van der Waals surface area (Å²) < 4.78 is 68.9. The Kier molecular flexibility index (Phi) is 77.5. The highest BCUT2D eigenvalue weighted by molar-refractivity contribution is 7.47. The zero-order valence-electron chi connectivity index (χ0n) is 71.3. The van der Waals surface area contributed by atoms with E-state index in [0.29, 0.717) is 31.6 Å². The van der Waals surface area contributed by atoms with E-state index in [-0.39, 0.29) is 25.7 Å². The Morgan fingerprint density at radius 2 is 0.472 bits per heavy atom. The number of phosphoric acid groups is 2. The Morgan fingerprint density at radius 3 is 0.704 bits per heavy atom. The third kappa shape index (κ3) is 80.7. The van der Waals surface area contributed by atoms with Crippen molar-refractivity contribution in [1.82, 2.24) is 0 Å². The zero-order valence-corrected chi connectivity index (χ0v) is 73.1. The molecule has 0 aromatic carbocycles.